The van der Waals surface area contributed by atoms with Crippen LogP contribution in [-0.2, 0) is 14.3 Å². The van der Waals surface area contributed by atoms with Gasteiger partial charge in [0.1, 0.15) is 0 Å². The number of nitrogens with two attached hydrogens (primary N) is 1. The molecule has 2 amide bonds. The molecule has 0 aliphatic carbocycles. The Bertz CT molecular complexity index is 320. The van der Waals surface area contributed by atoms with E-state index in [9.17, 15) is 9.59 Å². The number of ether oxygens (including phenoxy) is 1. The van der Waals surface area contributed by atoms with Gasteiger partial charge < -0.3 is 20.7 Å². The molecule has 1 aliphatic heterocycles. The first kappa shape index (κ1) is 15.9. The lowest BCUT2D eigenvalue weighted by atomic mass is 10.1. The number of hydrogen-bond donors (Lipinski definition) is 2. The number of hydrogen-bond acceptors (Lipinski definition) is 4. The number of piperidine rings is 1. The van der Waals surface area contributed by atoms with Gasteiger partial charge >= 0.3 is 0 Å². The number of nitrogens with zero attached hydrogens (tertiary/aromatic N) is 1. The van der Waals surface area contributed by atoms with Crippen LogP contribution in [0.25, 0.3) is 0 Å². The van der Waals surface area contributed by atoms with Crippen molar-refractivity contribution in [1.82, 2.24) is 10.2 Å². The summed E-state index contributed by atoms with van der Waals surface area (Å²) in [7, 11) is 1.65. The molecular weight excluding hydrogens is 246 g/mol. The highest BCUT2D eigenvalue weighted by molar-refractivity contribution is 5.87. The fourth-order valence-electron chi connectivity index (χ4n) is 2.05. The van der Waals surface area contributed by atoms with E-state index in [1.807, 2.05) is 13.8 Å². The summed E-state index contributed by atoms with van der Waals surface area (Å²) in [6, 6.07) is -0.569. The number of likely N-dealkylation sites (tertiary alicyclic amines) is 1. The van der Waals surface area contributed by atoms with Gasteiger partial charge in [-0.15, -0.1) is 0 Å². The Hall–Kier alpha value is -1.14. The number of amides is 2. The molecule has 1 saturated heterocycles. The number of methoxy groups -OCH3 is 1. The van der Waals surface area contributed by atoms with Crippen molar-refractivity contribution in [2.75, 3.05) is 26.7 Å². The Morgan fingerprint density at radius 3 is 2.74 bits per heavy atom. The van der Waals surface area contributed by atoms with Crippen molar-refractivity contribution >= 4 is 11.8 Å². The molecule has 0 aromatic carbocycles. The molecule has 0 aromatic rings. The first-order valence-corrected chi connectivity index (χ1v) is 6.79. The van der Waals surface area contributed by atoms with E-state index >= 15 is 0 Å². The highest BCUT2D eigenvalue weighted by atomic mass is 16.5. The molecule has 0 aromatic heterocycles. The van der Waals surface area contributed by atoms with Crippen molar-refractivity contribution in [3.05, 3.63) is 0 Å². The van der Waals surface area contributed by atoms with Crippen molar-refractivity contribution < 1.29 is 14.3 Å². The van der Waals surface area contributed by atoms with E-state index in [0.29, 0.717) is 6.54 Å². The molecule has 3 N–H and O–H groups in total. The molecule has 110 valence electrons. The monoisotopic (exact) mass is 271 g/mol. The third kappa shape index (κ3) is 4.80. The van der Waals surface area contributed by atoms with Crippen molar-refractivity contribution in [2.45, 2.75) is 38.8 Å². The summed E-state index contributed by atoms with van der Waals surface area (Å²) in [5, 5.41) is 2.60. The Morgan fingerprint density at radius 1 is 1.47 bits per heavy atom. The summed E-state index contributed by atoms with van der Waals surface area (Å²) < 4.78 is 5.27. The quantitative estimate of drug-likeness (QED) is 0.720. The van der Waals surface area contributed by atoms with Gasteiger partial charge in [-0.2, -0.15) is 0 Å². The summed E-state index contributed by atoms with van der Waals surface area (Å²) in [4.78, 5) is 25.4. The van der Waals surface area contributed by atoms with Crippen LogP contribution in [0.4, 0.5) is 0 Å². The molecule has 0 spiro atoms. The van der Waals surface area contributed by atoms with Crippen LogP contribution in [-0.4, -0.2) is 55.6 Å². The third-order valence-electron chi connectivity index (χ3n) is 3.50. The summed E-state index contributed by atoms with van der Waals surface area (Å²) >= 11 is 0. The number of carbonyl (C=O) groups is 2. The van der Waals surface area contributed by atoms with E-state index in [-0.39, 0.29) is 30.4 Å². The van der Waals surface area contributed by atoms with Gasteiger partial charge in [0, 0.05) is 20.2 Å². The average molecular weight is 271 g/mol. The molecule has 1 heterocycles. The molecule has 1 unspecified atom stereocenters. The fraction of sp³-hybridized carbons (Fsp3) is 0.846. The largest absolute Gasteiger partial charge is 0.380 e. The van der Waals surface area contributed by atoms with Gasteiger partial charge in [0.25, 0.3) is 0 Å². The van der Waals surface area contributed by atoms with E-state index < -0.39 is 6.04 Å². The second-order valence-electron chi connectivity index (χ2n) is 5.33. The van der Waals surface area contributed by atoms with Gasteiger partial charge in [0.2, 0.25) is 11.8 Å². The first-order valence-electron chi connectivity index (χ1n) is 6.79. The molecule has 6 heteroatoms. The summed E-state index contributed by atoms with van der Waals surface area (Å²) in [5.41, 5.74) is 5.71. The van der Waals surface area contributed by atoms with Crippen LogP contribution < -0.4 is 11.1 Å². The van der Waals surface area contributed by atoms with Crippen LogP contribution in [0.15, 0.2) is 0 Å². The van der Waals surface area contributed by atoms with Gasteiger partial charge in [0.15, 0.2) is 0 Å². The van der Waals surface area contributed by atoms with E-state index in [1.54, 1.807) is 12.0 Å². The molecule has 0 bridgehead atoms. The molecule has 1 aliphatic rings. The lowest BCUT2D eigenvalue weighted by Crippen LogP contribution is -2.50. The fourth-order valence-corrected chi connectivity index (χ4v) is 2.05. The van der Waals surface area contributed by atoms with Gasteiger partial charge in [-0.05, 0) is 18.8 Å². The Morgan fingerprint density at radius 2 is 2.16 bits per heavy atom. The Labute approximate surface area is 114 Å². The summed E-state index contributed by atoms with van der Waals surface area (Å²) in [6.07, 6.45) is 2.01. The van der Waals surface area contributed by atoms with Crippen LogP contribution in [0.1, 0.15) is 26.7 Å². The predicted octanol–water partition coefficient (Wildman–Crippen LogP) is -0.277. The molecular formula is C13H25N3O3. The molecule has 2 atom stereocenters. The minimum absolute atomic E-state index is 0.00961. The summed E-state index contributed by atoms with van der Waals surface area (Å²) in [6.45, 7) is 5.09. The Balaban J connectivity index is 2.36. The van der Waals surface area contributed by atoms with Gasteiger partial charge in [0.05, 0.1) is 18.7 Å². The SMILES string of the molecule is COC1CCCN(C(=O)CNC(=O)[C@@H](N)C(C)C)C1. The topological polar surface area (TPSA) is 84.7 Å². The highest BCUT2D eigenvalue weighted by Crippen LogP contribution is 2.12. The Kier molecular flexibility index (Phi) is 6.24. The maximum Gasteiger partial charge on any atom is 0.242 e. The maximum atomic E-state index is 12.0. The van der Waals surface area contributed by atoms with E-state index in [1.165, 1.54) is 0 Å². The van der Waals surface area contributed by atoms with Crippen LogP contribution >= 0.6 is 0 Å². The maximum absolute atomic E-state index is 12.0. The van der Waals surface area contributed by atoms with Crippen molar-refractivity contribution in [2.24, 2.45) is 11.7 Å². The lowest BCUT2D eigenvalue weighted by molar-refractivity contribution is -0.136. The van der Waals surface area contributed by atoms with Gasteiger partial charge in [-0.3, -0.25) is 9.59 Å². The lowest BCUT2D eigenvalue weighted by Gasteiger charge is -2.32. The van der Waals surface area contributed by atoms with Gasteiger partial charge in [-0.25, -0.2) is 0 Å². The average Bonchev–Trinajstić information content (AvgIpc) is 2.43. The van der Waals surface area contributed by atoms with Crippen molar-refractivity contribution in [3.8, 4) is 0 Å². The smallest absolute Gasteiger partial charge is 0.242 e. The second-order valence-corrected chi connectivity index (χ2v) is 5.33. The number of nitrogens with one attached hydrogen (secondary N) is 1. The zero-order valence-electron chi connectivity index (χ0n) is 12.0. The number of rotatable bonds is 5. The molecule has 1 fully saturated rings. The van der Waals surface area contributed by atoms with E-state index in [2.05, 4.69) is 5.32 Å². The zero-order valence-corrected chi connectivity index (χ0v) is 12.0. The normalized spacial score (nSPS) is 21.3. The van der Waals surface area contributed by atoms with Crippen LogP contribution in [0.5, 0.6) is 0 Å². The second kappa shape index (κ2) is 7.45. The standard InChI is InChI=1S/C13H25N3O3/c1-9(2)12(14)13(18)15-7-11(17)16-6-4-5-10(8-16)19-3/h9-10,12H,4-8,14H2,1-3H3,(H,15,18)/t10?,12-/m0/s1. The summed E-state index contributed by atoms with van der Waals surface area (Å²) in [5.74, 6) is -0.294. The van der Waals surface area contributed by atoms with E-state index in [0.717, 1.165) is 19.4 Å². The molecule has 0 radical (unpaired) electrons. The van der Waals surface area contributed by atoms with E-state index in [4.69, 9.17) is 10.5 Å². The van der Waals surface area contributed by atoms with Crippen molar-refractivity contribution in [3.63, 3.8) is 0 Å². The number of carbonyl (C=O) groups excluding carboxylic acids is 2. The van der Waals surface area contributed by atoms with Crippen LogP contribution in [0.2, 0.25) is 0 Å². The molecule has 6 nitrogen and oxygen atoms in total. The first-order chi connectivity index (χ1) is 8.95. The zero-order chi connectivity index (χ0) is 14.4. The molecule has 0 saturated carbocycles. The highest BCUT2D eigenvalue weighted by Gasteiger charge is 2.24. The minimum Gasteiger partial charge on any atom is -0.380 e. The molecule has 19 heavy (non-hydrogen) atoms. The third-order valence-corrected chi connectivity index (χ3v) is 3.50. The minimum atomic E-state index is -0.569. The molecule has 1 rings (SSSR count). The van der Waals surface area contributed by atoms with Crippen molar-refractivity contribution in [1.29, 1.82) is 0 Å². The van der Waals surface area contributed by atoms with Crippen LogP contribution in [0.3, 0.4) is 0 Å². The van der Waals surface area contributed by atoms with Crippen LogP contribution in [0, 0.1) is 5.92 Å². The van der Waals surface area contributed by atoms with Gasteiger partial charge in [-0.1, -0.05) is 13.8 Å². The predicted molar refractivity (Wildman–Crippen MR) is 72.4 cm³/mol.